The normalized spacial score (nSPS) is 12.3. The van der Waals surface area contributed by atoms with Gasteiger partial charge in [0.05, 0.1) is 0 Å². The van der Waals surface area contributed by atoms with Gasteiger partial charge in [-0.1, -0.05) is 0 Å². The van der Waals surface area contributed by atoms with Gasteiger partial charge in [0.2, 0.25) is 0 Å². The molecule has 1 unspecified atom stereocenters. The van der Waals surface area contributed by atoms with E-state index < -0.39 is 6.10 Å². The minimum absolute atomic E-state index is 0.0828. The quantitative estimate of drug-likeness (QED) is 0.842. The van der Waals surface area contributed by atoms with Crippen molar-refractivity contribution in [3.05, 3.63) is 23.8 Å². The highest BCUT2D eigenvalue weighted by Crippen LogP contribution is 2.22. The molecule has 1 amide bonds. The molecule has 0 saturated carbocycles. The van der Waals surface area contributed by atoms with Crippen LogP contribution in [0.1, 0.15) is 26.3 Å². The highest BCUT2D eigenvalue weighted by molar-refractivity contribution is 5.80. The van der Waals surface area contributed by atoms with E-state index in [1.165, 1.54) is 6.07 Å². The molecule has 1 rings (SSSR count). The van der Waals surface area contributed by atoms with Gasteiger partial charge in [-0.05, 0) is 45.4 Å². The summed E-state index contributed by atoms with van der Waals surface area (Å²) >= 11 is 0. The maximum atomic E-state index is 11.6. The van der Waals surface area contributed by atoms with Crippen LogP contribution in [0, 0.1) is 6.92 Å². The van der Waals surface area contributed by atoms with E-state index in [1.807, 2.05) is 20.8 Å². The fourth-order valence-electron chi connectivity index (χ4n) is 1.46. The van der Waals surface area contributed by atoms with Crippen molar-refractivity contribution in [3.63, 3.8) is 0 Å². The Kier molecular flexibility index (Phi) is 4.37. The lowest BCUT2D eigenvalue weighted by atomic mass is 10.2. The molecule has 1 aromatic carbocycles. The lowest BCUT2D eigenvalue weighted by Crippen LogP contribution is -2.40. The van der Waals surface area contributed by atoms with Crippen molar-refractivity contribution in [1.82, 2.24) is 5.32 Å². The lowest BCUT2D eigenvalue weighted by molar-refractivity contribution is -0.127. The zero-order chi connectivity index (χ0) is 13.0. The van der Waals surface area contributed by atoms with Gasteiger partial charge in [-0.2, -0.15) is 0 Å². The van der Waals surface area contributed by atoms with Crippen molar-refractivity contribution >= 4 is 5.91 Å². The van der Waals surface area contributed by atoms with E-state index in [1.54, 1.807) is 19.1 Å². The second kappa shape index (κ2) is 5.57. The molecule has 0 radical (unpaired) electrons. The molecule has 0 aliphatic heterocycles. The summed E-state index contributed by atoms with van der Waals surface area (Å²) in [7, 11) is 0. The number of aromatic hydroxyl groups is 1. The molecule has 0 aliphatic rings. The summed E-state index contributed by atoms with van der Waals surface area (Å²) in [5.74, 6) is 0.464. The molecule has 0 saturated heterocycles. The predicted octanol–water partition coefficient (Wildman–Crippen LogP) is 1.99. The predicted molar refractivity (Wildman–Crippen MR) is 66.2 cm³/mol. The van der Waals surface area contributed by atoms with Gasteiger partial charge >= 0.3 is 0 Å². The maximum absolute atomic E-state index is 11.6. The van der Waals surface area contributed by atoms with Crippen molar-refractivity contribution in [2.24, 2.45) is 0 Å². The first-order chi connectivity index (χ1) is 7.88. The van der Waals surface area contributed by atoms with Crippen LogP contribution in [0.5, 0.6) is 11.5 Å². The van der Waals surface area contributed by atoms with Crippen molar-refractivity contribution in [3.8, 4) is 11.5 Å². The molecule has 0 fully saturated rings. The van der Waals surface area contributed by atoms with Crippen molar-refractivity contribution in [2.45, 2.75) is 39.8 Å². The van der Waals surface area contributed by atoms with E-state index in [0.29, 0.717) is 5.75 Å². The molecular formula is C13H19NO3. The van der Waals surface area contributed by atoms with Gasteiger partial charge in [0.1, 0.15) is 11.5 Å². The second-order valence-electron chi connectivity index (χ2n) is 4.43. The number of benzene rings is 1. The zero-order valence-electron chi connectivity index (χ0n) is 10.7. The number of phenolic OH excluding ortho intramolecular Hbond substituents is 1. The number of rotatable bonds is 4. The topological polar surface area (TPSA) is 58.6 Å². The smallest absolute Gasteiger partial charge is 0.260 e. The van der Waals surface area contributed by atoms with Crippen LogP contribution in [0.3, 0.4) is 0 Å². The number of carbonyl (C=O) groups excluding carboxylic acids is 1. The standard InChI is InChI=1S/C13H19NO3/c1-8(2)14-13(16)10(4)17-12-6-9(3)5-11(15)7-12/h5-8,10,15H,1-4H3,(H,14,16). The third kappa shape index (κ3) is 4.34. The third-order valence-electron chi connectivity index (χ3n) is 2.15. The summed E-state index contributed by atoms with van der Waals surface area (Å²) in [5, 5.41) is 12.2. The number of hydrogen-bond acceptors (Lipinski definition) is 3. The molecule has 0 aliphatic carbocycles. The van der Waals surface area contributed by atoms with E-state index in [9.17, 15) is 9.90 Å². The van der Waals surface area contributed by atoms with Crippen LogP contribution in [-0.4, -0.2) is 23.2 Å². The highest BCUT2D eigenvalue weighted by Gasteiger charge is 2.15. The molecule has 17 heavy (non-hydrogen) atoms. The van der Waals surface area contributed by atoms with E-state index in [2.05, 4.69) is 5.32 Å². The first-order valence-corrected chi connectivity index (χ1v) is 5.66. The molecule has 0 heterocycles. The number of carbonyl (C=O) groups is 1. The Labute approximate surface area is 102 Å². The number of amides is 1. The summed E-state index contributed by atoms with van der Waals surface area (Å²) in [6.45, 7) is 7.31. The van der Waals surface area contributed by atoms with E-state index in [-0.39, 0.29) is 17.7 Å². The van der Waals surface area contributed by atoms with Crippen molar-refractivity contribution in [2.75, 3.05) is 0 Å². The van der Waals surface area contributed by atoms with Gasteiger partial charge in [0.15, 0.2) is 6.10 Å². The molecule has 2 N–H and O–H groups in total. The SMILES string of the molecule is Cc1cc(O)cc(OC(C)C(=O)NC(C)C)c1. The Balaban J connectivity index is 2.67. The largest absolute Gasteiger partial charge is 0.508 e. The molecule has 0 spiro atoms. The van der Waals surface area contributed by atoms with Crippen LogP contribution in [0.25, 0.3) is 0 Å². The minimum Gasteiger partial charge on any atom is -0.508 e. The van der Waals surface area contributed by atoms with Crippen LogP contribution < -0.4 is 10.1 Å². The summed E-state index contributed by atoms with van der Waals surface area (Å²) in [5.41, 5.74) is 0.886. The molecule has 0 aromatic heterocycles. The fourth-order valence-corrected chi connectivity index (χ4v) is 1.46. The average molecular weight is 237 g/mol. The monoisotopic (exact) mass is 237 g/mol. The fraction of sp³-hybridized carbons (Fsp3) is 0.462. The third-order valence-corrected chi connectivity index (χ3v) is 2.15. The Morgan fingerprint density at radius 1 is 1.29 bits per heavy atom. The first kappa shape index (κ1) is 13.4. The van der Waals surface area contributed by atoms with Crippen LogP contribution >= 0.6 is 0 Å². The van der Waals surface area contributed by atoms with Gasteiger partial charge < -0.3 is 15.2 Å². The summed E-state index contributed by atoms with van der Waals surface area (Å²) in [6, 6.07) is 4.98. The molecular weight excluding hydrogens is 218 g/mol. The minimum atomic E-state index is -0.585. The van der Waals surface area contributed by atoms with Gasteiger partial charge in [0.25, 0.3) is 5.91 Å². The highest BCUT2D eigenvalue weighted by atomic mass is 16.5. The van der Waals surface area contributed by atoms with Crippen LogP contribution in [0.2, 0.25) is 0 Å². The van der Waals surface area contributed by atoms with Crippen molar-refractivity contribution < 1.29 is 14.6 Å². The number of ether oxygens (including phenoxy) is 1. The second-order valence-corrected chi connectivity index (χ2v) is 4.43. The van der Waals surface area contributed by atoms with Gasteiger partial charge in [0, 0.05) is 12.1 Å². The van der Waals surface area contributed by atoms with Gasteiger partial charge in [-0.25, -0.2) is 0 Å². The molecule has 1 atom stereocenters. The Morgan fingerprint density at radius 3 is 2.47 bits per heavy atom. The summed E-state index contributed by atoms with van der Waals surface area (Å²) in [6.07, 6.45) is -0.585. The Hall–Kier alpha value is -1.71. The maximum Gasteiger partial charge on any atom is 0.260 e. The number of phenols is 1. The van der Waals surface area contributed by atoms with Crippen molar-refractivity contribution in [1.29, 1.82) is 0 Å². The van der Waals surface area contributed by atoms with Gasteiger partial charge in [-0.3, -0.25) is 4.79 Å². The molecule has 1 aromatic rings. The molecule has 94 valence electrons. The molecule has 0 bridgehead atoms. The molecule has 4 nitrogen and oxygen atoms in total. The van der Waals surface area contributed by atoms with Crippen LogP contribution in [0.4, 0.5) is 0 Å². The lowest BCUT2D eigenvalue weighted by Gasteiger charge is -2.16. The number of nitrogens with one attached hydrogen (secondary N) is 1. The Morgan fingerprint density at radius 2 is 1.94 bits per heavy atom. The van der Waals surface area contributed by atoms with Gasteiger partial charge in [-0.15, -0.1) is 0 Å². The Bertz CT molecular complexity index is 381. The summed E-state index contributed by atoms with van der Waals surface area (Å²) in [4.78, 5) is 11.6. The van der Waals surface area contributed by atoms with Crippen LogP contribution in [-0.2, 0) is 4.79 Å². The van der Waals surface area contributed by atoms with Crippen LogP contribution in [0.15, 0.2) is 18.2 Å². The average Bonchev–Trinajstić information content (AvgIpc) is 2.14. The zero-order valence-corrected chi connectivity index (χ0v) is 10.7. The number of hydrogen-bond donors (Lipinski definition) is 2. The van der Waals surface area contributed by atoms with E-state index in [4.69, 9.17) is 4.74 Å². The number of aryl methyl sites for hydroxylation is 1. The van der Waals surface area contributed by atoms with E-state index in [0.717, 1.165) is 5.56 Å². The van der Waals surface area contributed by atoms with E-state index >= 15 is 0 Å². The first-order valence-electron chi connectivity index (χ1n) is 5.66. The molecule has 4 heteroatoms. The summed E-state index contributed by atoms with van der Waals surface area (Å²) < 4.78 is 5.47.